The predicted octanol–water partition coefficient (Wildman–Crippen LogP) is 3.85. The van der Waals surface area contributed by atoms with Gasteiger partial charge in [0.05, 0.1) is 15.9 Å². The van der Waals surface area contributed by atoms with Crippen LogP contribution in [-0.4, -0.2) is 16.8 Å². The van der Waals surface area contributed by atoms with Gasteiger partial charge in [0, 0.05) is 23.1 Å². The van der Waals surface area contributed by atoms with Gasteiger partial charge in [-0.1, -0.05) is 19.1 Å². The Morgan fingerprint density at radius 1 is 1.45 bits per heavy atom. The van der Waals surface area contributed by atoms with Crippen LogP contribution < -0.4 is 5.32 Å². The summed E-state index contributed by atoms with van der Waals surface area (Å²) in [6, 6.07) is 8.92. The number of hydrogen-bond acceptors (Lipinski definition) is 2. The maximum absolute atomic E-state index is 4.57. The molecule has 0 fully saturated rings. The Morgan fingerprint density at radius 3 is 2.75 bits per heavy atom. The van der Waals surface area contributed by atoms with E-state index >= 15 is 0 Å². The minimum Gasteiger partial charge on any atom is -0.313 e. The van der Waals surface area contributed by atoms with Crippen LogP contribution in [0.3, 0.4) is 0 Å². The number of hydrogen-bond donors (Lipinski definition) is 1. The summed E-state index contributed by atoms with van der Waals surface area (Å²) in [5, 5.41) is 7.98. The third kappa shape index (κ3) is 3.43. The number of halogens is 2. The quantitative estimate of drug-likeness (QED) is 0.705. The smallest absolute Gasteiger partial charge is 0.0766 e. The minimum atomic E-state index is 0.293. The van der Waals surface area contributed by atoms with Gasteiger partial charge in [-0.2, -0.15) is 5.10 Å². The molecule has 0 radical (unpaired) electrons. The maximum Gasteiger partial charge on any atom is 0.0766 e. The summed E-state index contributed by atoms with van der Waals surface area (Å²) in [4.78, 5) is 0. The van der Waals surface area contributed by atoms with Gasteiger partial charge in [0.2, 0.25) is 0 Å². The molecule has 1 aromatic carbocycles. The molecule has 5 heteroatoms. The number of aromatic nitrogens is 2. The molecule has 0 aliphatic heterocycles. The standard InChI is InChI=1S/C15H19BrIN3/c1-4-12-15(16)14(20(3)19-12)9-13(18-2)10-6-5-7-11(17)8-10/h5-8,13,18H,4,9H2,1-3H3. The highest BCUT2D eigenvalue weighted by molar-refractivity contribution is 14.1. The van der Waals surface area contributed by atoms with Crippen molar-refractivity contribution in [2.24, 2.45) is 7.05 Å². The second-order valence-corrected chi connectivity index (χ2v) is 6.82. The van der Waals surface area contributed by atoms with Gasteiger partial charge < -0.3 is 5.32 Å². The van der Waals surface area contributed by atoms with Crippen molar-refractivity contribution in [3.63, 3.8) is 0 Å². The summed E-state index contributed by atoms with van der Waals surface area (Å²) < 4.78 is 4.40. The van der Waals surface area contributed by atoms with Crippen molar-refractivity contribution in [2.45, 2.75) is 25.8 Å². The highest BCUT2D eigenvalue weighted by Gasteiger charge is 2.18. The van der Waals surface area contributed by atoms with Crippen LogP contribution in [0.2, 0.25) is 0 Å². The van der Waals surface area contributed by atoms with E-state index in [2.05, 4.69) is 80.1 Å². The number of nitrogens with one attached hydrogen (secondary N) is 1. The first-order valence-electron chi connectivity index (χ1n) is 6.69. The Hall–Kier alpha value is -0.400. The lowest BCUT2D eigenvalue weighted by molar-refractivity contribution is 0.560. The topological polar surface area (TPSA) is 29.9 Å². The molecule has 1 heterocycles. The first-order chi connectivity index (χ1) is 9.56. The number of likely N-dealkylation sites (N-methyl/N-ethyl adjacent to an activating group) is 1. The van der Waals surface area contributed by atoms with Crippen molar-refractivity contribution in [1.29, 1.82) is 0 Å². The van der Waals surface area contributed by atoms with E-state index in [0.29, 0.717) is 6.04 Å². The first-order valence-corrected chi connectivity index (χ1v) is 8.57. The van der Waals surface area contributed by atoms with E-state index < -0.39 is 0 Å². The average molecular weight is 448 g/mol. The van der Waals surface area contributed by atoms with Gasteiger partial charge in [0.1, 0.15) is 0 Å². The molecule has 1 atom stereocenters. The van der Waals surface area contributed by atoms with Crippen molar-refractivity contribution < 1.29 is 0 Å². The molecular formula is C15H19BrIN3. The van der Waals surface area contributed by atoms with E-state index in [9.17, 15) is 0 Å². The third-order valence-corrected chi connectivity index (χ3v) is 5.09. The Balaban J connectivity index is 2.29. The van der Waals surface area contributed by atoms with Gasteiger partial charge >= 0.3 is 0 Å². The van der Waals surface area contributed by atoms with E-state index in [-0.39, 0.29) is 0 Å². The lowest BCUT2D eigenvalue weighted by Gasteiger charge is -2.17. The first kappa shape index (κ1) is 16.0. The summed E-state index contributed by atoms with van der Waals surface area (Å²) in [6.07, 6.45) is 1.86. The van der Waals surface area contributed by atoms with Crippen LogP contribution in [0, 0.1) is 3.57 Å². The third-order valence-electron chi connectivity index (χ3n) is 3.50. The number of nitrogens with zero attached hydrogens (tertiary/aromatic N) is 2. The molecule has 0 saturated carbocycles. The van der Waals surface area contributed by atoms with Crippen LogP contribution >= 0.6 is 38.5 Å². The molecular weight excluding hydrogens is 429 g/mol. The highest BCUT2D eigenvalue weighted by Crippen LogP contribution is 2.27. The number of rotatable bonds is 5. The van der Waals surface area contributed by atoms with Crippen LogP contribution in [0.5, 0.6) is 0 Å². The summed E-state index contributed by atoms with van der Waals surface area (Å²) in [5.74, 6) is 0. The summed E-state index contributed by atoms with van der Waals surface area (Å²) in [6.45, 7) is 2.13. The van der Waals surface area contributed by atoms with E-state index in [1.165, 1.54) is 14.8 Å². The molecule has 0 aliphatic carbocycles. The van der Waals surface area contributed by atoms with Crippen LogP contribution in [0.4, 0.5) is 0 Å². The lowest BCUT2D eigenvalue weighted by Crippen LogP contribution is -2.20. The molecule has 0 aliphatic rings. The van der Waals surface area contributed by atoms with Crippen molar-refractivity contribution >= 4 is 38.5 Å². The SMILES string of the molecule is CCc1nn(C)c(CC(NC)c2cccc(I)c2)c1Br. The molecule has 1 unspecified atom stereocenters. The normalized spacial score (nSPS) is 12.7. The Kier molecular flexibility index (Phi) is 5.63. The molecule has 2 rings (SSSR count). The molecule has 3 nitrogen and oxygen atoms in total. The Bertz CT molecular complexity index is 595. The van der Waals surface area contributed by atoms with Gasteiger partial charge in [0.25, 0.3) is 0 Å². The van der Waals surface area contributed by atoms with Crippen molar-refractivity contribution in [2.75, 3.05) is 7.05 Å². The molecule has 2 aromatic rings. The fourth-order valence-electron chi connectivity index (χ4n) is 2.34. The molecule has 0 spiro atoms. The zero-order chi connectivity index (χ0) is 14.7. The van der Waals surface area contributed by atoms with E-state index in [1.54, 1.807) is 0 Å². The van der Waals surface area contributed by atoms with E-state index in [1.807, 2.05) is 18.8 Å². The molecule has 108 valence electrons. The molecule has 0 saturated heterocycles. The van der Waals surface area contributed by atoms with Crippen LogP contribution in [-0.2, 0) is 19.9 Å². The molecule has 0 amide bonds. The van der Waals surface area contributed by atoms with Crippen molar-refractivity contribution in [3.8, 4) is 0 Å². The lowest BCUT2D eigenvalue weighted by atomic mass is 10.0. The van der Waals surface area contributed by atoms with Gasteiger partial charge in [-0.25, -0.2) is 0 Å². The second-order valence-electron chi connectivity index (χ2n) is 4.78. The van der Waals surface area contributed by atoms with Crippen LogP contribution in [0.15, 0.2) is 28.7 Å². The van der Waals surface area contributed by atoms with Gasteiger partial charge in [0.15, 0.2) is 0 Å². The highest BCUT2D eigenvalue weighted by atomic mass is 127. The fraction of sp³-hybridized carbons (Fsp3) is 0.400. The predicted molar refractivity (Wildman–Crippen MR) is 94.9 cm³/mol. The Morgan fingerprint density at radius 2 is 2.20 bits per heavy atom. The van der Waals surface area contributed by atoms with Gasteiger partial charge in [-0.05, 0) is 69.7 Å². The number of aryl methyl sites for hydroxylation is 2. The van der Waals surface area contributed by atoms with E-state index in [0.717, 1.165) is 23.0 Å². The molecule has 0 bridgehead atoms. The van der Waals surface area contributed by atoms with Gasteiger partial charge in [-0.15, -0.1) is 0 Å². The summed E-state index contributed by atoms with van der Waals surface area (Å²) >= 11 is 6.05. The van der Waals surface area contributed by atoms with E-state index in [4.69, 9.17) is 0 Å². The average Bonchev–Trinajstić information content (AvgIpc) is 2.71. The maximum atomic E-state index is 4.57. The monoisotopic (exact) mass is 447 g/mol. The largest absolute Gasteiger partial charge is 0.313 e. The second kappa shape index (κ2) is 7.04. The number of benzene rings is 1. The summed E-state index contributed by atoms with van der Waals surface area (Å²) in [5.41, 5.74) is 3.67. The zero-order valence-electron chi connectivity index (χ0n) is 12.0. The molecule has 1 aromatic heterocycles. The van der Waals surface area contributed by atoms with Crippen LogP contribution in [0.1, 0.15) is 29.9 Å². The fourth-order valence-corrected chi connectivity index (χ4v) is 3.69. The molecule has 1 N–H and O–H groups in total. The zero-order valence-corrected chi connectivity index (χ0v) is 15.7. The Labute approximate surface area is 142 Å². The van der Waals surface area contributed by atoms with Crippen molar-refractivity contribution in [1.82, 2.24) is 15.1 Å². The summed E-state index contributed by atoms with van der Waals surface area (Å²) in [7, 11) is 4.02. The van der Waals surface area contributed by atoms with Crippen LogP contribution in [0.25, 0.3) is 0 Å². The minimum absolute atomic E-state index is 0.293. The molecule has 20 heavy (non-hydrogen) atoms. The van der Waals surface area contributed by atoms with Gasteiger partial charge in [-0.3, -0.25) is 4.68 Å². The van der Waals surface area contributed by atoms with Crippen molar-refractivity contribution in [3.05, 3.63) is 49.3 Å².